The number of hydrogen-bond donors (Lipinski definition) is 1. The van der Waals surface area contributed by atoms with E-state index in [9.17, 15) is 9.90 Å². The normalized spacial score (nSPS) is 19.6. The molecule has 1 atom stereocenters. The van der Waals surface area contributed by atoms with E-state index in [4.69, 9.17) is 9.47 Å². The molecule has 0 spiro atoms. The van der Waals surface area contributed by atoms with Crippen molar-refractivity contribution in [3.8, 4) is 5.75 Å². The lowest BCUT2D eigenvalue weighted by atomic mass is 9.88. The largest absolute Gasteiger partial charge is 0.490 e. The smallest absolute Gasteiger partial charge is 0.334 e. The molecule has 2 fully saturated rings. The average Bonchev–Trinajstić information content (AvgIpc) is 2.90. The fourth-order valence-corrected chi connectivity index (χ4v) is 5.12. The van der Waals surface area contributed by atoms with Crippen LogP contribution in [-0.4, -0.2) is 54.9 Å². The third-order valence-electron chi connectivity index (χ3n) is 7.07. The molecule has 1 unspecified atom stereocenters. The Bertz CT molecular complexity index is 1200. The monoisotopic (exact) mass is 471 g/mol. The number of esters is 1. The van der Waals surface area contributed by atoms with Gasteiger partial charge in [0, 0.05) is 17.7 Å². The van der Waals surface area contributed by atoms with Gasteiger partial charge in [-0.05, 0) is 73.2 Å². The molecule has 2 saturated heterocycles. The highest BCUT2D eigenvalue weighted by atomic mass is 16.5. The van der Waals surface area contributed by atoms with Crippen molar-refractivity contribution in [2.24, 2.45) is 0 Å². The van der Waals surface area contributed by atoms with Crippen LogP contribution in [0, 0.1) is 0 Å². The zero-order valence-corrected chi connectivity index (χ0v) is 20.1. The van der Waals surface area contributed by atoms with Crippen LogP contribution in [-0.2, 0) is 9.53 Å². The van der Waals surface area contributed by atoms with Crippen molar-refractivity contribution >= 4 is 22.8 Å². The molecule has 0 bridgehead atoms. The molecule has 3 aromatic carbocycles. The number of rotatable bonds is 7. The molecular weight excluding hydrogens is 438 g/mol. The van der Waals surface area contributed by atoms with Crippen molar-refractivity contribution in [3.63, 3.8) is 0 Å². The predicted molar refractivity (Wildman–Crippen MR) is 138 cm³/mol. The second-order valence-corrected chi connectivity index (χ2v) is 9.59. The van der Waals surface area contributed by atoms with Crippen LogP contribution < -0.4 is 4.74 Å². The number of aliphatic hydroxyl groups excluding tert-OH is 1. The van der Waals surface area contributed by atoms with Crippen LogP contribution in [0.1, 0.15) is 42.7 Å². The number of hydrogen-bond acceptors (Lipinski definition) is 5. The number of carbonyl (C=O) groups excluding carboxylic acids is 1. The number of likely N-dealkylation sites (tertiary alicyclic amines) is 1. The molecule has 182 valence electrons. The second-order valence-electron chi connectivity index (χ2n) is 9.59. The first kappa shape index (κ1) is 23.6. The molecule has 0 amide bonds. The van der Waals surface area contributed by atoms with Crippen molar-refractivity contribution in [2.45, 2.75) is 37.7 Å². The van der Waals surface area contributed by atoms with Gasteiger partial charge in [0.05, 0.1) is 6.61 Å². The van der Waals surface area contributed by atoms with Gasteiger partial charge in [0.2, 0.25) is 0 Å². The highest BCUT2D eigenvalue weighted by molar-refractivity contribution is 5.94. The van der Waals surface area contributed by atoms with Gasteiger partial charge in [-0.15, -0.1) is 0 Å². The Hall–Kier alpha value is -3.15. The number of cyclic esters (lactones) is 1. The van der Waals surface area contributed by atoms with Crippen molar-refractivity contribution < 1.29 is 19.4 Å². The lowest BCUT2D eigenvalue weighted by molar-refractivity contribution is -0.141. The van der Waals surface area contributed by atoms with Gasteiger partial charge in [-0.2, -0.15) is 0 Å². The molecule has 2 aliphatic rings. The Morgan fingerprint density at radius 1 is 1.03 bits per heavy atom. The van der Waals surface area contributed by atoms with E-state index in [1.165, 1.54) is 16.3 Å². The van der Waals surface area contributed by atoms with Gasteiger partial charge >= 0.3 is 5.97 Å². The van der Waals surface area contributed by atoms with Crippen LogP contribution in [0.5, 0.6) is 5.75 Å². The van der Waals surface area contributed by atoms with E-state index in [0.29, 0.717) is 36.8 Å². The maximum absolute atomic E-state index is 12.0. The minimum atomic E-state index is -0.576. The van der Waals surface area contributed by atoms with Crippen LogP contribution in [0.25, 0.3) is 16.8 Å². The second kappa shape index (κ2) is 11.1. The molecular formula is C30H33NO4. The highest BCUT2D eigenvalue weighted by Crippen LogP contribution is 2.30. The molecule has 5 nitrogen and oxygen atoms in total. The molecule has 2 heterocycles. The average molecular weight is 472 g/mol. The molecule has 0 saturated carbocycles. The minimum absolute atomic E-state index is 0.217. The van der Waals surface area contributed by atoms with Gasteiger partial charge in [-0.25, -0.2) is 4.79 Å². The summed E-state index contributed by atoms with van der Waals surface area (Å²) in [5, 5.41) is 13.2. The summed E-state index contributed by atoms with van der Waals surface area (Å²) in [5.74, 6) is 0.987. The van der Waals surface area contributed by atoms with Crippen molar-refractivity contribution in [3.05, 3.63) is 83.4 Å². The summed E-state index contributed by atoms with van der Waals surface area (Å²) >= 11 is 0. The van der Waals surface area contributed by atoms with Crippen LogP contribution in [0.2, 0.25) is 0 Å². The minimum Gasteiger partial charge on any atom is -0.490 e. The molecule has 5 rings (SSSR count). The number of aliphatic hydroxyl groups is 1. The summed E-state index contributed by atoms with van der Waals surface area (Å²) in [4.78, 5) is 14.3. The van der Waals surface area contributed by atoms with E-state index in [2.05, 4.69) is 47.4 Å². The zero-order chi connectivity index (χ0) is 24.0. The fourth-order valence-electron chi connectivity index (χ4n) is 5.12. The van der Waals surface area contributed by atoms with Gasteiger partial charge in [0.1, 0.15) is 18.5 Å². The Kier molecular flexibility index (Phi) is 7.45. The summed E-state index contributed by atoms with van der Waals surface area (Å²) in [6.07, 6.45) is 5.02. The summed E-state index contributed by atoms with van der Waals surface area (Å²) < 4.78 is 11.1. The van der Waals surface area contributed by atoms with E-state index < -0.39 is 6.10 Å². The quantitative estimate of drug-likeness (QED) is 0.380. The Morgan fingerprint density at radius 3 is 2.63 bits per heavy atom. The molecule has 5 heteroatoms. The molecule has 35 heavy (non-hydrogen) atoms. The number of benzene rings is 3. The van der Waals surface area contributed by atoms with Gasteiger partial charge in [0.25, 0.3) is 0 Å². The van der Waals surface area contributed by atoms with E-state index in [1.807, 2.05) is 30.3 Å². The molecule has 1 N–H and O–H groups in total. The first-order chi connectivity index (χ1) is 17.2. The number of para-hydroxylation sites is 1. The molecule has 0 radical (unpaired) electrons. The number of nitrogens with zero attached hydrogens (tertiary/aromatic N) is 1. The molecule has 3 aromatic rings. The van der Waals surface area contributed by atoms with E-state index in [0.717, 1.165) is 37.9 Å². The first-order valence-electron chi connectivity index (χ1n) is 12.6. The van der Waals surface area contributed by atoms with Gasteiger partial charge in [-0.1, -0.05) is 60.7 Å². The van der Waals surface area contributed by atoms with Gasteiger partial charge in [-0.3, -0.25) is 0 Å². The SMILES string of the molecule is O=C1OCCCC1=Cc1ccccc1OCC(O)CN1CCC(c2ccc3ccccc3c2)CC1. The van der Waals surface area contributed by atoms with Crippen molar-refractivity contribution in [1.82, 2.24) is 4.90 Å². The number of carbonyl (C=O) groups is 1. The third kappa shape index (κ3) is 5.92. The first-order valence-corrected chi connectivity index (χ1v) is 12.6. The zero-order valence-electron chi connectivity index (χ0n) is 20.1. The van der Waals surface area contributed by atoms with Gasteiger partial charge < -0.3 is 19.5 Å². The predicted octanol–water partition coefficient (Wildman–Crippen LogP) is 5.18. The number of β-amino-alcohol motifs (C(OH)–C–C–N with tert-alkyl or cyclic N) is 1. The highest BCUT2D eigenvalue weighted by Gasteiger charge is 2.23. The van der Waals surface area contributed by atoms with Gasteiger partial charge in [0.15, 0.2) is 0 Å². The van der Waals surface area contributed by atoms with Crippen LogP contribution in [0.4, 0.5) is 0 Å². The molecule has 2 aliphatic heterocycles. The lowest BCUT2D eigenvalue weighted by Gasteiger charge is -2.33. The number of fused-ring (bicyclic) bond motifs is 1. The van der Waals surface area contributed by atoms with E-state index in [1.54, 1.807) is 0 Å². The molecule has 0 aliphatic carbocycles. The van der Waals surface area contributed by atoms with Crippen molar-refractivity contribution in [1.29, 1.82) is 0 Å². The lowest BCUT2D eigenvalue weighted by Crippen LogP contribution is -2.40. The van der Waals surface area contributed by atoms with Crippen LogP contribution in [0.15, 0.2) is 72.3 Å². The maximum atomic E-state index is 12.0. The third-order valence-corrected chi connectivity index (χ3v) is 7.07. The standard InChI is InChI=1S/C30H33NO4/c32-28(21-35-29-10-4-3-8-26(29)19-27-9-5-17-34-30(27)33)20-31-15-13-23(14-16-31)25-12-11-22-6-1-2-7-24(22)18-25/h1-4,6-8,10-12,18-19,23,28,32H,5,9,13-17,20-21H2. The van der Waals surface area contributed by atoms with Crippen molar-refractivity contribution in [2.75, 3.05) is 32.8 Å². The van der Waals surface area contributed by atoms with Crippen LogP contribution >= 0.6 is 0 Å². The summed E-state index contributed by atoms with van der Waals surface area (Å²) in [7, 11) is 0. The summed E-state index contributed by atoms with van der Waals surface area (Å²) in [6, 6.07) is 23.0. The van der Waals surface area contributed by atoms with E-state index >= 15 is 0 Å². The summed E-state index contributed by atoms with van der Waals surface area (Å²) in [6.45, 7) is 3.24. The topological polar surface area (TPSA) is 59.0 Å². The number of ether oxygens (including phenoxy) is 2. The maximum Gasteiger partial charge on any atom is 0.334 e. The van der Waals surface area contributed by atoms with Crippen LogP contribution in [0.3, 0.4) is 0 Å². The Balaban J connectivity index is 1.12. The fraction of sp³-hybridized carbons (Fsp3) is 0.367. The molecule has 0 aromatic heterocycles. The Morgan fingerprint density at radius 2 is 1.80 bits per heavy atom. The Labute approximate surface area is 207 Å². The van der Waals surface area contributed by atoms with E-state index in [-0.39, 0.29) is 12.6 Å². The number of piperidine rings is 1. The summed E-state index contributed by atoms with van der Waals surface area (Å²) in [5.41, 5.74) is 2.92.